The van der Waals surface area contributed by atoms with Gasteiger partial charge in [0.1, 0.15) is 12.0 Å². The summed E-state index contributed by atoms with van der Waals surface area (Å²) in [5, 5.41) is 0. The molecule has 3 rings (SSSR count). The van der Waals surface area contributed by atoms with Crippen molar-refractivity contribution < 1.29 is 9.21 Å². The quantitative estimate of drug-likeness (QED) is 0.553. The first-order valence-electron chi connectivity index (χ1n) is 9.02. The number of allylic oxidation sites excluding steroid dienone is 1. The smallest absolute Gasteiger partial charge is 0.127 e. The van der Waals surface area contributed by atoms with Crippen molar-refractivity contribution in [3.8, 4) is 0 Å². The third-order valence-corrected chi connectivity index (χ3v) is 6.71. The van der Waals surface area contributed by atoms with Crippen LogP contribution >= 0.6 is 0 Å². The Morgan fingerprint density at radius 1 is 1.35 bits per heavy atom. The van der Waals surface area contributed by atoms with E-state index in [4.69, 9.17) is 4.42 Å². The number of carbonyl (C=O) groups is 1. The van der Waals surface area contributed by atoms with Crippen molar-refractivity contribution in [3.63, 3.8) is 0 Å². The van der Waals surface area contributed by atoms with Gasteiger partial charge in [0.2, 0.25) is 0 Å². The minimum Gasteiger partial charge on any atom is -0.469 e. The molecule has 23 heavy (non-hydrogen) atoms. The van der Waals surface area contributed by atoms with Gasteiger partial charge < -0.3 is 9.21 Å². The average Bonchev–Trinajstić information content (AvgIpc) is 2.92. The van der Waals surface area contributed by atoms with Crippen molar-refractivity contribution in [2.75, 3.05) is 0 Å². The summed E-state index contributed by atoms with van der Waals surface area (Å²) in [4.78, 5) is 10.9. The van der Waals surface area contributed by atoms with Crippen LogP contribution in [-0.4, -0.2) is 6.29 Å². The summed E-state index contributed by atoms with van der Waals surface area (Å²) in [5.74, 6) is 2.15. The van der Waals surface area contributed by atoms with E-state index in [-0.39, 0.29) is 0 Å². The highest BCUT2D eigenvalue weighted by Crippen LogP contribution is 2.59. The zero-order chi connectivity index (χ0) is 16.7. The van der Waals surface area contributed by atoms with E-state index in [0.717, 1.165) is 30.8 Å². The third-order valence-electron chi connectivity index (χ3n) is 6.71. The van der Waals surface area contributed by atoms with Crippen LogP contribution in [0.4, 0.5) is 0 Å². The van der Waals surface area contributed by atoms with Gasteiger partial charge >= 0.3 is 0 Å². The van der Waals surface area contributed by atoms with Crippen LogP contribution in [0.15, 0.2) is 28.9 Å². The summed E-state index contributed by atoms with van der Waals surface area (Å²) in [6.07, 6.45) is 10.4. The van der Waals surface area contributed by atoms with Crippen LogP contribution in [-0.2, 0) is 17.6 Å². The van der Waals surface area contributed by atoms with Gasteiger partial charge in [-0.15, -0.1) is 0 Å². The molecule has 2 aliphatic carbocycles. The van der Waals surface area contributed by atoms with Gasteiger partial charge in [-0.2, -0.15) is 0 Å². The van der Waals surface area contributed by atoms with Crippen LogP contribution in [0.2, 0.25) is 0 Å². The molecule has 1 heterocycles. The van der Waals surface area contributed by atoms with Gasteiger partial charge in [0.05, 0.1) is 12.7 Å². The molecule has 1 aromatic heterocycles. The molecule has 0 aromatic carbocycles. The topological polar surface area (TPSA) is 30.2 Å². The van der Waals surface area contributed by atoms with Crippen molar-refractivity contribution in [1.82, 2.24) is 0 Å². The standard InChI is InChI=1S/C21H30O2/c1-15-5-6-17-14-20(2,3)9-10-21(17,4)18(15)13-16-8-12-23-19(16)7-11-22/h8,11-12,17-18H,1,5-7,9-10,13-14H2,2-4H3/t17-,18-,21-/m0/s1. The van der Waals surface area contributed by atoms with Crippen LogP contribution < -0.4 is 0 Å². The lowest BCUT2D eigenvalue weighted by Crippen LogP contribution is -2.46. The SMILES string of the molecule is C=C1CC[C@H]2CC(C)(C)CC[C@]2(C)[C@H]1Cc1ccoc1CC=O. The summed E-state index contributed by atoms with van der Waals surface area (Å²) in [6.45, 7) is 11.8. The van der Waals surface area contributed by atoms with Crippen molar-refractivity contribution >= 4 is 6.29 Å². The minimum atomic E-state index is 0.348. The third kappa shape index (κ3) is 3.05. The van der Waals surface area contributed by atoms with E-state index in [1.54, 1.807) is 6.26 Å². The molecule has 0 saturated heterocycles. The fraction of sp³-hybridized carbons (Fsp3) is 0.667. The molecule has 0 aliphatic heterocycles. The molecule has 0 unspecified atom stereocenters. The van der Waals surface area contributed by atoms with Gasteiger partial charge in [-0.1, -0.05) is 32.9 Å². The summed E-state index contributed by atoms with van der Waals surface area (Å²) < 4.78 is 5.52. The van der Waals surface area contributed by atoms with E-state index in [9.17, 15) is 4.79 Å². The molecular formula is C21H30O2. The number of fused-ring (bicyclic) bond motifs is 1. The number of aldehydes is 1. The molecule has 2 nitrogen and oxygen atoms in total. The molecule has 0 radical (unpaired) electrons. The van der Waals surface area contributed by atoms with Crippen LogP contribution in [0, 0.1) is 22.7 Å². The summed E-state index contributed by atoms with van der Waals surface area (Å²) in [5.41, 5.74) is 3.43. The Kier molecular flexibility index (Phi) is 4.29. The van der Waals surface area contributed by atoms with Crippen LogP contribution in [0.1, 0.15) is 64.2 Å². The lowest BCUT2D eigenvalue weighted by Gasteiger charge is -2.55. The Balaban J connectivity index is 1.86. The Labute approximate surface area is 140 Å². The number of furan rings is 1. The van der Waals surface area contributed by atoms with Gasteiger partial charge in [-0.25, -0.2) is 0 Å². The van der Waals surface area contributed by atoms with Gasteiger partial charge in [0.25, 0.3) is 0 Å². The molecule has 1 aromatic rings. The highest BCUT2D eigenvalue weighted by Gasteiger charge is 2.50. The normalized spacial score (nSPS) is 33.3. The van der Waals surface area contributed by atoms with Crippen molar-refractivity contribution in [3.05, 3.63) is 35.8 Å². The highest BCUT2D eigenvalue weighted by atomic mass is 16.3. The summed E-state index contributed by atoms with van der Waals surface area (Å²) in [7, 11) is 0. The van der Waals surface area contributed by atoms with Crippen molar-refractivity contribution in [1.29, 1.82) is 0 Å². The molecule has 2 fully saturated rings. The first kappa shape index (κ1) is 16.5. The molecule has 0 N–H and O–H groups in total. The largest absolute Gasteiger partial charge is 0.469 e. The first-order valence-corrected chi connectivity index (χ1v) is 9.02. The second-order valence-corrected chi connectivity index (χ2v) is 8.76. The molecule has 0 amide bonds. The van der Waals surface area contributed by atoms with Gasteiger partial charge in [-0.05, 0) is 72.8 Å². The first-order chi connectivity index (χ1) is 10.9. The van der Waals surface area contributed by atoms with Crippen LogP contribution in [0.25, 0.3) is 0 Å². The second-order valence-electron chi connectivity index (χ2n) is 8.76. The summed E-state index contributed by atoms with van der Waals surface area (Å²) >= 11 is 0. The molecule has 0 spiro atoms. The molecule has 3 atom stereocenters. The van der Waals surface area contributed by atoms with Crippen molar-refractivity contribution in [2.45, 2.75) is 65.7 Å². The van der Waals surface area contributed by atoms with E-state index in [1.165, 1.54) is 36.8 Å². The predicted octanol–water partition coefficient (Wildman–Crippen LogP) is 5.36. The second kappa shape index (κ2) is 5.96. The van der Waals surface area contributed by atoms with Gasteiger partial charge in [-0.3, -0.25) is 0 Å². The number of hydrogen-bond acceptors (Lipinski definition) is 2. The molecule has 2 aliphatic rings. The average molecular weight is 314 g/mol. The van der Waals surface area contributed by atoms with E-state index < -0.39 is 0 Å². The molecule has 2 saturated carbocycles. The van der Waals surface area contributed by atoms with E-state index in [0.29, 0.717) is 23.2 Å². The lowest BCUT2D eigenvalue weighted by atomic mass is 9.49. The maximum absolute atomic E-state index is 10.9. The monoisotopic (exact) mass is 314 g/mol. The van der Waals surface area contributed by atoms with Gasteiger partial charge in [0, 0.05) is 0 Å². The van der Waals surface area contributed by atoms with E-state index >= 15 is 0 Å². The Morgan fingerprint density at radius 3 is 2.87 bits per heavy atom. The zero-order valence-electron chi connectivity index (χ0n) is 14.9. The zero-order valence-corrected chi connectivity index (χ0v) is 14.9. The lowest BCUT2D eigenvalue weighted by molar-refractivity contribution is -0.107. The fourth-order valence-electron chi connectivity index (χ4n) is 5.11. The Bertz CT molecular complexity index is 595. The Morgan fingerprint density at radius 2 is 2.13 bits per heavy atom. The van der Waals surface area contributed by atoms with E-state index in [2.05, 4.69) is 27.4 Å². The molecule has 2 heteroatoms. The molecule has 126 valence electrons. The van der Waals surface area contributed by atoms with Crippen molar-refractivity contribution in [2.24, 2.45) is 22.7 Å². The van der Waals surface area contributed by atoms with Crippen LogP contribution in [0.3, 0.4) is 0 Å². The Hall–Kier alpha value is -1.31. The molecular weight excluding hydrogens is 284 g/mol. The summed E-state index contributed by atoms with van der Waals surface area (Å²) in [6, 6.07) is 2.05. The number of carbonyl (C=O) groups excluding carboxylic acids is 1. The number of hydrogen-bond donors (Lipinski definition) is 0. The predicted molar refractivity (Wildman–Crippen MR) is 93.3 cm³/mol. The van der Waals surface area contributed by atoms with Crippen LogP contribution in [0.5, 0.6) is 0 Å². The highest BCUT2D eigenvalue weighted by molar-refractivity contribution is 5.54. The fourth-order valence-corrected chi connectivity index (χ4v) is 5.11. The maximum atomic E-state index is 10.9. The van der Waals surface area contributed by atoms with E-state index in [1.807, 2.05) is 6.07 Å². The number of rotatable bonds is 4. The minimum absolute atomic E-state index is 0.348. The maximum Gasteiger partial charge on any atom is 0.127 e. The molecule has 0 bridgehead atoms. The van der Waals surface area contributed by atoms with Gasteiger partial charge in [0.15, 0.2) is 0 Å².